The van der Waals surface area contributed by atoms with Crippen molar-refractivity contribution < 1.29 is 4.42 Å². The summed E-state index contributed by atoms with van der Waals surface area (Å²) in [5, 5.41) is 11.1. The number of nitrogens with zero attached hydrogens (tertiary/aromatic N) is 4. The maximum absolute atomic E-state index is 5.64. The molecule has 8 heteroatoms. The number of rotatable bonds is 7. The van der Waals surface area contributed by atoms with Crippen LogP contribution in [0.3, 0.4) is 0 Å². The van der Waals surface area contributed by atoms with Crippen LogP contribution in [0.1, 0.15) is 35.1 Å². The Labute approximate surface area is 195 Å². The van der Waals surface area contributed by atoms with Crippen molar-refractivity contribution >= 4 is 29.9 Å². The summed E-state index contributed by atoms with van der Waals surface area (Å²) in [7, 11) is 1.96. The highest BCUT2D eigenvalue weighted by atomic mass is 127. The zero-order valence-electron chi connectivity index (χ0n) is 18.3. The van der Waals surface area contributed by atoms with E-state index in [0.29, 0.717) is 12.4 Å². The van der Waals surface area contributed by atoms with Crippen LogP contribution in [-0.2, 0) is 20.0 Å². The first-order valence-corrected chi connectivity index (χ1v) is 10.0. The monoisotopic (exact) mass is 522 g/mol. The molecule has 0 aliphatic heterocycles. The highest BCUT2D eigenvalue weighted by Crippen LogP contribution is 2.19. The van der Waals surface area contributed by atoms with Crippen LogP contribution >= 0.6 is 24.0 Å². The van der Waals surface area contributed by atoms with Gasteiger partial charge < -0.3 is 15.1 Å². The van der Waals surface area contributed by atoms with Gasteiger partial charge in [-0.1, -0.05) is 17.7 Å². The van der Waals surface area contributed by atoms with E-state index in [1.165, 1.54) is 11.1 Å². The molecule has 2 heterocycles. The average Bonchev–Trinajstić information content (AvgIpc) is 3.26. The Bertz CT molecular complexity index is 974. The van der Waals surface area contributed by atoms with Crippen molar-refractivity contribution in [1.82, 2.24) is 25.4 Å². The second-order valence-electron chi connectivity index (χ2n) is 7.15. The molecule has 7 nitrogen and oxygen atoms in total. The Morgan fingerprint density at radius 3 is 2.50 bits per heavy atom. The lowest BCUT2D eigenvalue weighted by molar-refractivity contribution is 0.572. The van der Waals surface area contributed by atoms with Gasteiger partial charge in [-0.3, -0.25) is 4.68 Å². The third-order valence-electron chi connectivity index (χ3n) is 4.92. The topological polar surface area (TPSA) is 80.3 Å². The number of benzene rings is 1. The van der Waals surface area contributed by atoms with E-state index < -0.39 is 0 Å². The van der Waals surface area contributed by atoms with Crippen molar-refractivity contribution in [2.45, 2.75) is 40.7 Å². The first-order chi connectivity index (χ1) is 14.0. The summed E-state index contributed by atoms with van der Waals surface area (Å²) >= 11 is 0. The fourth-order valence-electron chi connectivity index (χ4n) is 3.11. The number of aliphatic imine (C=N–C) groups is 1. The lowest BCUT2D eigenvalue weighted by atomic mass is 10.1. The van der Waals surface area contributed by atoms with Crippen LogP contribution in [0.25, 0.3) is 11.5 Å². The molecular formula is C22H31IN6O. The van der Waals surface area contributed by atoms with Crippen molar-refractivity contribution in [2.75, 3.05) is 13.1 Å². The van der Waals surface area contributed by atoms with Gasteiger partial charge in [-0.05, 0) is 39.8 Å². The van der Waals surface area contributed by atoms with Crippen LogP contribution in [0.15, 0.2) is 39.9 Å². The van der Waals surface area contributed by atoms with Gasteiger partial charge in [-0.15, -0.1) is 24.0 Å². The molecule has 0 saturated carbocycles. The predicted molar refractivity (Wildman–Crippen MR) is 131 cm³/mol. The number of aryl methyl sites for hydroxylation is 3. The van der Waals surface area contributed by atoms with E-state index in [-0.39, 0.29) is 24.0 Å². The fourth-order valence-corrected chi connectivity index (χ4v) is 3.11. The Hall–Kier alpha value is -2.36. The molecule has 0 saturated heterocycles. The number of hydrogen-bond acceptors (Lipinski definition) is 4. The Morgan fingerprint density at radius 2 is 1.87 bits per heavy atom. The van der Waals surface area contributed by atoms with Crippen molar-refractivity contribution in [1.29, 1.82) is 0 Å². The predicted octanol–water partition coefficient (Wildman–Crippen LogP) is 3.92. The maximum Gasteiger partial charge on any atom is 0.226 e. The number of oxazole rings is 1. The highest BCUT2D eigenvalue weighted by molar-refractivity contribution is 14.0. The minimum Gasteiger partial charge on any atom is -0.444 e. The van der Waals surface area contributed by atoms with Crippen LogP contribution in [0.2, 0.25) is 0 Å². The summed E-state index contributed by atoms with van der Waals surface area (Å²) in [5.74, 6) is 1.44. The van der Waals surface area contributed by atoms with E-state index in [9.17, 15) is 0 Å². The molecule has 0 fully saturated rings. The number of nitrogens with one attached hydrogen (secondary N) is 2. The van der Waals surface area contributed by atoms with Crippen molar-refractivity contribution in [3.63, 3.8) is 0 Å². The Kier molecular flexibility index (Phi) is 8.88. The minimum atomic E-state index is 0. The molecule has 3 aromatic rings. The number of hydrogen-bond donors (Lipinski definition) is 2. The maximum atomic E-state index is 5.64. The van der Waals surface area contributed by atoms with Gasteiger partial charge >= 0.3 is 0 Å². The van der Waals surface area contributed by atoms with Crippen LogP contribution in [0.5, 0.6) is 0 Å². The number of aromatic nitrogens is 3. The minimum absolute atomic E-state index is 0. The summed E-state index contributed by atoms with van der Waals surface area (Å²) in [6.07, 6.45) is 2.48. The zero-order valence-corrected chi connectivity index (χ0v) is 20.7. The smallest absolute Gasteiger partial charge is 0.226 e. The molecule has 162 valence electrons. The van der Waals surface area contributed by atoms with E-state index in [4.69, 9.17) is 9.41 Å². The Morgan fingerprint density at radius 1 is 1.13 bits per heavy atom. The summed E-state index contributed by atoms with van der Waals surface area (Å²) in [6.45, 7) is 10.3. The second kappa shape index (κ2) is 11.1. The van der Waals surface area contributed by atoms with Gasteiger partial charge in [0.2, 0.25) is 5.89 Å². The van der Waals surface area contributed by atoms with E-state index in [1.807, 2.05) is 30.8 Å². The molecule has 0 unspecified atom stereocenters. The summed E-state index contributed by atoms with van der Waals surface area (Å²) < 4.78 is 7.54. The summed E-state index contributed by atoms with van der Waals surface area (Å²) in [4.78, 5) is 9.30. The normalized spacial score (nSPS) is 11.3. The third-order valence-corrected chi connectivity index (χ3v) is 4.92. The van der Waals surface area contributed by atoms with E-state index in [1.54, 1.807) is 6.26 Å². The molecule has 30 heavy (non-hydrogen) atoms. The van der Waals surface area contributed by atoms with Crippen molar-refractivity contribution in [3.8, 4) is 11.5 Å². The summed E-state index contributed by atoms with van der Waals surface area (Å²) in [5.41, 5.74) is 6.47. The summed E-state index contributed by atoms with van der Waals surface area (Å²) in [6, 6.07) is 8.18. The number of halogens is 1. The van der Waals surface area contributed by atoms with Gasteiger partial charge in [0.25, 0.3) is 0 Å². The first kappa shape index (κ1) is 23.9. The fraction of sp³-hybridized carbons (Fsp3) is 0.409. The van der Waals surface area contributed by atoms with Crippen molar-refractivity contribution in [2.24, 2.45) is 12.0 Å². The molecule has 1 aromatic carbocycles. The molecule has 0 atom stereocenters. The Balaban J connectivity index is 0.00000320. The lowest BCUT2D eigenvalue weighted by Crippen LogP contribution is -2.38. The van der Waals surface area contributed by atoms with Crippen LogP contribution in [0.4, 0.5) is 0 Å². The molecule has 0 radical (unpaired) electrons. The molecular weight excluding hydrogens is 491 g/mol. The quantitative estimate of drug-likeness (QED) is 0.280. The molecule has 2 aromatic heterocycles. The largest absolute Gasteiger partial charge is 0.444 e. The van der Waals surface area contributed by atoms with E-state index in [2.05, 4.69) is 53.6 Å². The second-order valence-corrected chi connectivity index (χ2v) is 7.15. The van der Waals surface area contributed by atoms with Gasteiger partial charge in [0.05, 0.1) is 17.9 Å². The first-order valence-electron chi connectivity index (χ1n) is 10.0. The molecule has 0 aliphatic rings. The zero-order chi connectivity index (χ0) is 20.8. The molecule has 0 bridgehead atoms. The van der Waals surface area contributed by atoms with Crippen LogP contribution in [-0.4, -0.2) is 33.8 Å². The average molecular weight is 522 g/mol. The SMILES string of the molecule is CCNC(=NCc1c(C)nn(C)c1C)NCCc1coc(-c2ccc(C)cc2)n1.I. The van der Waals surface area contributed by atoms with Gasteiger partial charge in [-0.25, -0.2) is 9.98 Å². The van der Waals surface area contributed by atoms with Crippen LogP contribution < -0.4 is 10.6 Å². The molecule has 0 spiro atoms. The lowest BCUT2D eigenvalue weighted by Gasteiger charge is -2.10. The molecule has 3 rings (SSSR count). The van der Waals surface area contributed by atoms with E-state index in [0.717, 1.165) is 48.1 Å². The highest BCUT2D eigenvalue weighted by Gasteiger charge is 2.10. The molecule has 0 amide bonds. The van der Waals surface area contributed by atoms with Gasteiger partial charge in [0.1, 0.15) is 6.26 Å². The molecule has 0 aliphatic carbocycles. The number of guanidine groups is 1. The van der Waals surface area contributed by atoms with E-state index >= 15 is 0 Å². The van der Waals surface area contributed by atoms with Gasteiger partial charge in [0, 0.05) is 43.4 Å². The molecule has 2 N–H and O–H groups in total. The van der Waals surface area contributed by atoms with Gasteiger partial charge in [0.15, 0.2) is 5.96 Å². The standard InChI is InChI=1S/C22H30N6O.HI/c1-6-23-22(25-13-20-16(3)27-28(5)17(20)4)24-12-11-19-14-29-21(26-19)18-9-7-15(2)8-10-18;/h7-10,14H,6,11-13H2,1-5H3,(H2,23,24,25);1H. The van der Waals surface area contributed by atoms with Crippen molar-refractivity contribution in [3.05, 3.63) is 58.7 Å². The van der Waals surface area contributed by atoms with Crippen LogP contribution in [0, 0.1) is 20.8 Å². The van der Waals surface area contributed by atoms with Gasteiger partial charge in [-0.2, -0.15) is 5.10 Å². The third kappa shape index (κ3) is 6.07.